The molecule has 0 unspecified atom stereocenters. The highest BCUT2D eigenvalue weighted by Gasteiger charge is 2.15. The van der Waals surface area contributed by atoms with Crippen molar-refractivity contribution in [2.24, 2.45) is 0 Å². The van der Waals surface area contributed by atoms with Gasteiger partial charge in [-0.05, 0) is 24.6 Å². The summed E-state index contributed by atoms with van der Waals surface area (Å²) in [6.45, 7) is 5.24. The van der Waals surface area contributed by atoms with Crippen LogP contribution >= 0.6 is 0 Å². The number of fused-ring (bicyclic) bond motifs is 1. The van der Waals surface area contributed by atoms with E-state index >= 15 is 0 Å². The Bertz CT molecular complexity index is 950. The predicted molar refractivity (Wildman–Crippen MR) is 110 cm³/mol. The molecule has 1 aromatic heterocycles. The quantitative estimate of drug-likeness (QED) is 0.655. The minimum Gasteiger partial charge on any atom is -0.345 e. The molecule has 3 rings (SSSR count). The molecule has 0 aliphatic carbocycles. The molecule has 3 aromatic rings. The summed E-state index contributed by atoms with van der Waals surface area (Å²) in [5.74, 6) is 0.579. The van der Waals surface area contributed by atoms with E-state index in [1.807, 2.05) is 73.0 Å². The Morgan fingerprint density at radius 1 is 1.04 bits per heavy atom. The molecule has 0 saturated heterocycles. The second-order valence-electron chi connectivity index (χ2n) is 6.63. The van der Waals surface area contributed by atoms with Gasteiger partial charge in [0.25, 0.3) is 0 Å². The third-order valence-electron chi connectivity index (χ3n) is 4.74. The second kappa shape index (κ2) is 9.17. The first-order valence-corrected chi connectivity index (χ1v) is 9.64. The molecular formula is C22H26N4O2. The first-order chi connectivity index (χ1) is 13.6. The molecule has 0 fully saturated rings. The first-order valence-electron chi connectivity index (χ1n) is 9.64. The van der Waals surface area contributed by atoms with Gasteiger partial charge in [-0.25, -0.2) is 4.98 Å². The van der Waals surface area contributed by atoms with Crippen LogP contribution in [0.2, 0.25) is 0 Å². The minimum atomic E-state index is -0.193. The van der Waals surface area contributed by atoms with Crippen molar-refractivity contribution in [1.29, 1.82) is 0 Å². The largest absolute Gasteiger partial charge is 0.345 e. The fourth-order valence-corrected chi connectivity index (χ4v) is 3.24. The van der Waals surface area contributed by atoms with E-state index in [1.165, 1.54) is 0 Å². The summed E-state index contributed by atoms with van der Waals surface area (Å²) in [5.41, 5.74) is 2.88. The average molecular weight is 378 g/mol. The number of hydrogen-bond acceptors (Lipinski definition) is 3. The Labute approximate surface area is 165 Å². The number of rotatable bonds is 8. The molecule has 6 heteroatoms. The van der Waals surface area contributed by atoms with Crippen LogP contribution in [0.1, 0.15) is 25.2 Å². The van der Waals surface area contributed by atoms with Crippen LogP contribution in [0, 0.1) is 0 Å². The zero-order valence-electron chi connectivity index (χ0n) is 16.4. The maximum atomic E-state index is 12.5. The van der Waals surface area contributed by atoms with Crippen LogP contribution in [0.5, 0.6) is 0 Å². The van der Waals surface area contributed by atoms with Crippen LogP contribution < -0.4 is 5.32 Å². The van der Waals surface area contributed by atoms with Crippen molar-refractivity contribution in [2.45, 2.75) is 33.4 Å². The van der Waals surface area contributed by atoms with Gasteiger partial charge in [0.15, 0.2) is 0 Å². The van der Waals surface area contributed by atoms with Crippen molar-refractivity contribution in [3.05, 3.63) is 66.0 Å². The van der Waals surface area contributed by atoms with Gasteiger partial charge in [-0.2, -0.15) is 0 Å². The Morgan fingerprint density at radius 3 is 2.46 bits per heavy atom. The van der Waals surface area contributed by atoms with E-state index in [9.17, 15) is 9.59 Å². The van der Waals surface area contributed by atoms with Crippen LogP contribution in [0.15, 0.2) is 54.6 Å². The lowest BCUT2D eigenvalue weighted by Gasteiger charge is -2.21. The van der Waals surface area contributed by atoms with Crippen LogP contribution in [0.3, 0.4) is 0 Å². The third kappa shape index (κ3) is 4.57. The van der Waals surface area contributed by atoms with Gasteiger partial charge in [0.1, 0.15) is 12.4 Å². The van der Waals surface area contributed by atoms with E-state index in [1.54, 1.807) is 4.90 Å². The first kappa shape index (κ1) is 19.6. The van der Waals surface area contributed by atoms with Gasteiger partial charge in [-0.3, -0.25) is 9.59 Å². The monoisotopic (exact) mass is 378 g/mol. The number of nitrogens with zero attached hydrogens (tertiary/aromatic N) is 3. The number of aromatic nitrogens is 2. The number of carbonyl (C=O) groups is 2. The molecule has 0 saturated carbocycles. The molecule has 0 aliphatic rings. The van der Waals surface area contributed by atoms with Crippen LogP contribution in [-0.2, 0) is 29.1 Å². The third-order valence-corrected chi connectivity index (χ3v) is 4.74. The van der Waals surface area contributed by atoms with Gasteiger partial charge >= 0.3 is 0 Å². The van der Waals surface area contributed by atoms with Gasteiger partial charge in [0.05, 0.1) is 17.6 Å². The van der Waals surface area contributed by atoms with E-state index in [4.69, 9.17) is 0 Å². The smallest absolute Gasteiger partial charge is 0.242 e. The topological polar surface area (TPSA) is 67.2 Å². The lowest BCUT2D eigenvalue weighted by atomic mass is 10.2. The van der Waals surface area contributed by atoms with Gasteiger partial charge in [0.2, 0.25) is 11.8 Å². The summed E-state index contributed by atoms with van der Waals surface area (Å²) >= 11 is 0. The van der Waals surface area contributed by atoms with Crippen molar-refractivity contribution in [3.63, 3.8) is 0 Å². The van der Waals surface area contributed by atoms with Crippen LogP contribution in [0.25, 0.3) is 11.0 Å². The molecule has 0 bridgehead atoms. The number of imidazole rings is 1. The lowest BCUT2D eigenvalue weighted by Crippen LogP contribution is -2.40. The van der Waals surface area contributed by atoms with Crippen molar-refractivity contribution < 1.29 is 9.59 Å². The molecule has 0 atom stereocenters. The summed E-state index contributed by atoms with van der Waals surface area (Å²) in [6.07, 6.45) is 0.738. The summed E-state index contributed by atoms with van der Waals surface area (Å²) in [4.78, 5) is 31.3. The molecule has 28 heavy (non-hydrogen) atoms. The lowest BCUT2D eigenvalue weighted by molar-refractivity contribution is -0.133. The van der Waals surface area contributed by atoms with Gasteiger partial charge < -0.3 is 14.8 Å². The van der Waals surface area contributed by atoms with Gasteiger partial charge in [0, 0.05) is 19.5 Å². The molecule has 1 heterocycles. The predicted octanol–water partition coefficient (Wildman–Crippen LogP) is 2.76. The number of aryl methyl sites for hydroxylation is 1. The fraction of sp³-hybridized carbons (Fsp3) is 0.318. The van der Waals surface area contributed by atoms with E-state index in [-0.39, 0.29) is 24.9 Å². The number of benzene rings is 2. The number of likely N-dealkylation sites (N-methyl/N-ethyl adjacent to an activating group) is 1. The summed E-state index contributed by atoms with van der Waals surface area (Å²) < 4.78 is 1.91. The Morgan fingerprint density at radius 2 is 1.75 bits per heavy atom. The standard InChI is InChI=1S/C22H26N4O2/c1-3-20-24-18-12-8-9-13-19(18)26(20)16-21(27)23-14-22(28)25(4-2)15-17-10-6-5-7-11-17/h5-13H,3-4,14-16H2,1-2H3,(H,23,27). The number of nitrogens with one attached hydrogen (secondary N) is 1. The highest BCUT2D eigenvalue weighted by molar-refractivity contribution is 5.86. The van der Waals surface area contributed by atoms with E-state index in [2.05, 4.69) is 10.3 Å². The number of hydrogen-bond donors (Lipinski definition) is 1. The molecule has 146 valence electrons. The Kier molecular flexibility index (Phi) is 6.42. The fourth-order valence-electron chi connectivity index (χ4n) is 3.24. The zero-order valence-corrected chi connectivity index (χ0v) is 16.4. The molecule has 2 aromatic carbocycles. The number of para-hydroxylation sites is 2. The maximum absolute atomic E-state index is 12.5. The van der Waals surface area contributed by atoms with Crippen LogP contribution in [-0.4, -0.2) is 39.4 Å². The summed E-state index contributed by atoms with van der Waals surface area (Å²) in [6, 6.07) is 17.6. The molecule has 2 amide bonds. The summed E-state index contributed by atoms with van der Waals surface area (Å²) in [5, 5.41) is 2.76. The SMILES string of the molecule is CCc1nc2ccccc2n1CC(=O)NCC(=O)N(CC)Cc1ccccc1. The minimum absolute atomic E-state index is 0.00635. The maximum Gasteiger partial charge on any atom is 0.242 e. The highest BCUT2D eigenvalue weighted by atomic mass is 16.2. The normalized spacial score (nSPS) is 10.8. The molecule has 6 nitrogen and oxygen atoms in total. The number of carbonyl (C=O) groups excluding carboxylic acids is 2. The molecule has 0 radical (unpaired) electrons. The van der Waals surface area contributed by atoms with E-state index < -0.39 is 0 Å². The van der Waals surface area contributed by atoms with E-state index in [0.29, 0.717) is 13.1 Å². The Hall–Kier alpha value is -3.15. The average Bonchev–Trinajstić information content (AvgIpc) is 3.08. The van der Waals surface area contributed by atoms with Gasteiger partial charge in [-0.1, -0.05) is 49.4 Å². The molecular weight excluding hydrogens is 352 g/mol. The van der Waals surface area contributed by atoms with Gasteiger partial charge in [-0.15, -0.1) is 0 Å². The molecule has 0 aliphatic heterocycles. The van der Waals surface area contributed by atoms with Crippen molar-refractivity contribution >= 4 is 22.8 Å². The summed E-state index contributed by atoms with van der Waals surface area (Å²) in [7, 11) is 0. The second-order valence-corrected chi connectivity index (χ2v) is 6.63. The Balaban J connectivity index is 1.60. The highest BCUT2D eigenvalue weighted by Crippen LogP contribution is 2.16. The van der Waals surface area contributed by atoms with Crippen LogP contribution in [0.4, 0.5) is 0 Å². The zero-order chi connectivity index (χ0) is 19.9. The molecule has 1 N–H and O–H groups in total. The molecule has 0 spiro atoms. The van der Waals surface area contributed by atoms with Crippen molar-refractivity contribution in [1.82, 2.24) is 19.8 Å². The van der Waals surface area contributed by atoms with Crippen molar-refractivity contribution in [3.8, 4) is 0 Å². The van der Waals surface area contributed by atoms with Crippen molar-refractivity contribution in [2.75, 3.05) is 13.1 Å². The number of amides is 2. The van der Waals surface area contributed by atoms with E-state index in [0.717, 1.165) is 28.8 Å².